The van der Waals surface area contributed by atoms with Crippen molar-refractivity contribution in [3.63, 3.8) is 0 Å². The van der Waals surface area contributed by atoms with Crippen LogP contribution in [0.5, 0.6) is 0 Å². The van der Waals surface area contributed by atoms with E-state index in [4.69, 9.17) is 17.5 Å². The topological polar surface area (TPSA) is 80.3 Å². The van der Waals surface area contributed by atoms with E-state index in [0.717, 1.165) is 0 Å². The van der Waals surface area contributed by atoms with Gasteiger partial charge in [-0.05, 0) is 0 Å². The first-order valence-corrected chi connectivity index (χ1v) is 2.00. The van der Waals surface area contributed by atoms with Gasteiger partial charge in [-0.15, -0.1) is 0 Å². The fourth-order valence-electron chi connectivity index (χ4n) is 0. The minimum Gasteiger partial charge on any atom is -1.00 e. The van der Waals surface area contributed by atoms with Crippen LogP contribution in [0.3, 0.4) is 0 Å². The van der Waals surface area contributed by atoms with Crippen LogP contribution in [0, 0.1) is 0 Å². The van der Waals surface area contributed by atoms with Gasteiger partial charge in [0.05, 0.1) is 0 Å². The Morgan fingerprint density at radius 3 is 1.14 bits per heavy atom. The largest absolute Gasteiger partial charge is 1.00 e. The maximum absolute atomic E-state index is 8.52. The van der Waals surface area contributed by atoms with Crippen LogP contribution >= 0.6 is 0 Å². The van der Waals surface area contributed by atoms with Crippen molar-refractivity contribution in [2.24, 2.45) is 0 Å². The number of halogens is 1. The Labute approximate surface area is 50.3 Å². The van der Waals surface area contributed by atoms with E-state index in [0.29, 0.717) is 0 Å². The fourth-order valence-corrected chi connectivity index (χ4v) is 0. The van der Waals surface area contributed by atoms with E-state index in [1.165, 1.54) is 0 Å². The zero-order chi connectivity index (χ0) is 4.50. The monoisotopic (exact) mass is 178 g/mol. The van der Waals surface area contributed by atoms with Crippen LogP contribution in [-0.4, -0.2) is 17.5 Å². The summed E-state index contributed by atoms with van der Waals surface area (Å²) in [6.07, 6.45) is 0. The van der Waals surface area contributed by atoms with Gasteiger partial charge in [-0.3, -0.25) is 8.42 Å². The van der Waals surface area contributed by atoms with E-state index in [9.17, 15) is 0 Å². The molecule has 0 aliphatic rings. The summed E-state index contributed by atoms with van der Waals surface area (Å²) in [5, 5.41) is 0. The van der Waals surface area contributed by atoms with E-state index in [2.05, 4.69) is 0 Å². The van der Waals surface area contributed by atoms with Crippen LogP contribution in [-0.2, 0) is 27.5 Å². The summed E-state index contributed by atoms with van der Waals surface area (Å²) in [5.74, 6) is 0. The number of hydrogen-bond acceptors (Lipinski definition) is 4. The van der Waals surface area contributed by atoms with Gasteiger partial charge in [-0.2, -0.15) is 0 Å². The summed E-state index contributed by atoms with van der Waals surface area (Å²) < 4.78 is 34.1. The Hall–Kier alpha value is 0.319. The van der Waals surface area contributed by atoms with Gasteiger partial charge in [0.1, 0.15) is 0 Å². The molecule has 4 nitrogen and oxygen atoms in total. The molecule has 0 heterocycles. The van der Waals surface area contributed by atoms with E-state index < -0.39 is 10.4 Å². The quantitative estimate of drug-likeness (QED) is 0.213. The average molecular weight is 179 g/mol. The average Bonchev–Trinajstić information content (AvgIpc) is 0.722. The molecule has 0 spiro atoms. The van der Waals surface area contributed by atoms with E-state index in [1.807, 2.05) is 0 Å². The second-order valence-corrected chi connectivity index (χ2v) is 1.22. The molecule has 0 atom stereocenters. The van der Waals surface area contributed by atoms with Crippen molar-refractivity contribution >= 4 is 10.4 Å². The molecule has 7 heavy (non-hydrogen) atoms. The molecule has 0 aromatic carbocycles. The molecule has 0 bridgehead atoms. The Morgan fingerprint density at radius 1 is 1.14 bits per heavy atom. The minimum atomic E-state index is -5.17. The van der Waals surface area contributed by atoms with Gasteiger partial charge in [0.25, 0.3) is 0 Å². The summed E-state index contributed by atoms with van der Waals surface area (Å²) in [6.45, 7) is 0. The summed E-state index contributed by atoms with van der Waals surface area (Å²) in [4.78, 5) is 0. The van der Waals surface area contributed by atoms with Crippen LogP contribution < -0.4 is 4.70 Å². The molecule has 0 amide bonds. The maximum atomic E-state index is 8.52. The summed E-state index contributed by atoms with van der Waals surface area (Å²) in [7, 11) is -5.17. The summed E-state index contributed by atoms with van der Waals surface area (Å²) in [6, 6.07) is 0. The molecule has 0 fully saturated rings. The van der Waals surface area contributed by atoms with Crippen molar-refractivity contribution in [2.75, 3.05) is 0 Å². The zero-order valence-electron chi connectivity index (χ0n) is 2.72. The van der Waals surface area contributed by atoms with Crippen molar-refractivity contribution in [3.05, 3.63) is 0 Å². The molecule has 0 aromatic rings. The first-order valence-electron chi connectivity index (χ1n) is 0.667. The molecule has 51 valence electrons. The van der Waals surface area contributed by atoms with Crippen LogP contribution in [0.1, 0.15) is 0 Å². The Morgan fingerprint density at radius 2 is 1.14 bits per heavy atom. The molecule has 0 aliphatic carbocycles. The second kappa shape index (κ2) is 4.48. The van der Waals surface area contributed by atoms with E-state index >= 15 is 0 Å². The molecule has 0 saturated carbocycles. The maximum Gasteiger partial charge on any atom is 0.0311 e. The molecule has 0 rings (SSSR count). The third-order valence-corrected chi connectivity index (χ3v) is 0. The van der Waals surface area contributed by atoms with Crippen molar-refractivity contribution in [1.82, 2.24) is 0 Å². The van der Waals surface area contributed by atoms with Crippen molar-refractivity contribution in [3.8, 4) is 0 Å². The molecule has 0 N–H and O–H groups in total. The summed E-state index contributed by atoms with van der Waals surface area (Å²) >= 11 is 0. The van der Waals surface area contributed by atoms with Gasteiger partial charge < -0.3 is 13.8 Å². The van der Waals surface area contributed by atoms with Crippen LogP contribution in [0.15, 0.2) is 0 Å². The predicted octanol–water partition coefficient (Wildman–Crippen LogP) is -4.34. The van der Waals surface area contributed by atoms with Crippen molar-refractivity contribution < 1.29 is 39.3 Å². The van der Waals surface area contributed by atoms with Gasteiger partial charge >= 0.3 is 0 Å². The van der Waals surface area contributed by atoms with Crippen LogP contribution in [0.2, 0.25) is 0 Å². The normalized spacial score (nSPS) is 8.29. The molecule has 0 aromatic heterocycles. The molecule has 0 aliphatic heterocycles. The molecule has 1 radical (unpaired) electrons. The summed E-state index contributed by atoms with van der Waals surface area (Å²) in [5.41, 5.74) is 0. The standard InChI is InChI=1S/Cu.FH.H2O4S/c;;1-5(2,3)4/h;1H;(H2,1,2,3,4)/p-3. The zero-order valence-corrected chi connectivity index (χ0v) is 4.48. The van der Waals surface area contributed by atoms with Crippen LogP contribution in [0.4, 0.5) is 0 Å². The Kier molecular flexibility index (Phi) is 10.0. The van der Waals surface area contributed by atoms with Crippen LogP contribution in [0.25, 0.3) is 0 Å². The third kappa shape index (κ3) is 1160. The molecule has 0 saturated heterocycles. The Balaban J connectivity index is -0.0000000800. The number of hydrogen-bond donors (Lipinski definition) is 0. The first kappa shape index (κ1) is 15.7. The van der Waals surface area contributed by atoms with Crippen molar-refractivity contribution in [2.45, 2.75) is 0 Å². The first-order chi connectivity index (χ1) is 2.00. The smallest absolute Gasteiger partial charge is 0.0311 e. The van der Waals surface area contributed by atoms with Gasteiger partial charge in [-0.1, -0.05) is 0 Å². The molecular formula is CuFO4S-3. The third-order valence-electron chi connectivity index (χ3n) is 0. The number of rotatable bonds is 0. The second-order valence-electron chi connectivity index (χ2n) is 0.408. The van der Waals surface area contributed by atoms with Crippen molar-refractivity contribution in [1.29, 1.82) is 0 Å². The fraction of sp³-hybridized carbons (Fsp3) is 0. The van der Waals surface area contributed by atoms with Gasteiger partial charge in [0, 0.05) is 27.5 Å². The van der Waals surface area contributed by atoms with E-state index in [-0.39, 0.29) is 21.8 Å². The van der Waals surface area contributed by atoms with Gasteiger partial charge in [-0.25, -0.2) is 0 Å². The predicted molar refractivity (Wildman–Crippen MR) is 10.5 cm³/mol. The SMILES string of the molecule is O=S(=O)([O-])[O-].[Cu].[F-]. The van der Waals surface area contributed by atoms with Gasteiger partial charge in [0.15, 0.2) is 0 Å². The molecule has 7 heteroatoms. The van der Waals surface area contributed by atoms with Gasteiger partial charge in [0.2, 0.25) is 0 Å². The Bertz CT molecular complexity index is 94.9. The minimum absolute atomic E-state index is 0. The van der Waals surface area contributed by atoms with E-state index in [1.54, 1.807) is 0 Å². The molecular weight excluding hydrogens is 179 g/mol. The molecule has 0 unspecified atom stereocenters.